The van der Waals surface area contributed by atoms with Crippen molar-refractivity contribution in [3.05, 3.63) is 0 Å². The van der Waals surface area contributed by atoms with Crippen LogP contribution in [-0.4, -0.2) is 23.5 Å². The Bertz CT molecular complexity index is 218. The van der Waals surface area contributed by atoms with Crippen LogP contribution in [0.2, 0.25) is 0 Å². The number of rotatable bonds is 0. The molecule has 1 saturated heterocycles. The Kier molecular flexibility index (Phi) is 2.87. The first kappa shape index (κ1) is 11.4. The Morgan fingerprint density at radius 2 is 1.67 bits per heavy atom. The lowest BCUT2D eigenvalue weighted by molar-refractivity contribution is 0.0256. The van der Waals surface area contributed by atoms with E-state index < -0.39 is 0 Å². The smallest absolute Gasteiger partial charge is 0.0125 e. The van der Waals surface area contributed by atoms with Crippen molar-refractivity contribution in [3.63, 3.8) is 0 Å². The Morgan fingerprint density at radius 1 is 1.07 bits per heavy atom. The third kappa shape index (κ3) is 2.08. The van der Waals surface area contributed by atoms with Gasteiger partial charge in [0.1, 0.15) is 0 Å². The highest BCUT2D eigenvalue weighted by atomic mass is 15.2. The van der Waals surface area contributed by atoms with Gasteiger partial charge in [-0.05, 0) is 64.5 Å². The Morgan fingerprint density at radius 3 is 2.07 bits per heavy atom. The van der Waals surface area contributed by atoms with Gasteiger partial charge in [0, 0.05) is 5.54 Å². The molecule has 1 aliphatic heterocycles. The minimum absolute atomic E-state index is 0.378. The zero-order valence-electron chi connectivity index (χ0n) is 11.0. The van der Waals surface area contributed by atoms with Gasteiger partial charge in [0.05, 0.1) is 0 Å². The standard InChI is InChI=1S/C14H27N/c1-12-6-5-7-14(12)8-10-15(11-9-14)13(2,3)4/h12H,5-11H2,1-4H3. The molecule has 1 unspecified atom stereocenters. The molecule has 1 heterocycles. The molecule has 1 atom stereocenters. The van der Waals surface area contributed by atoms with E-state index in [1.807, 2.05) is 0 Å². The molecule has 0 aromatic heterocycles. The van der Waals surface area contributed by atoms with Crippen molar-refractivity contribution in [2.24, 2.45) is 11.3 Å². The van der Waals surface area contributed by atoms with E-state index in [2.05, 4.69) is 32.6 Å². The van der Waals surface area contributed by atoms with E-state index >= 15 is 0 Å². The third-order valence-electron chi connectivity index (χ3n) is 5.07. The fraction of sp³-hybridized carbons (Fsp3) is 1.00. The molecule has 88 valence electrons. The van der Waals surface area contributed by atoms with Crippen LogP contribution in [0.3, 0.4) is 0 Å². The second kappa shape index (κ2) is 3.76. The van der Waals surface area contributed by atoms with Gasteiger partial charge >= 0.3 is 0 Å². The van der Waals surface area contributed by atoms with Gasteiger partial charge in [-0.2, -0.15) is 0 Å². The summed E-state index contributed by atoms with van der Waals surface area (Å²) in [5, 5.41) is 0. The van der Waals surface area contributed by atoms with E-state index in [1.54, 1.807) is 0 Å². The molecule has 2 aliphatic rings. The Labute approximate surface area is 95.2 Å². The van der Waals surface area contributed by atoms with Crippen molar-refractivity contribution in [2.75, 3.05) is 13.1 Å². The van der Waals surface area contributed by atoms with E-state index in [4.69, 9.17) is 0 Å². The molecule has 0 aromatic rings. The van der Waals surface area contributed by atoms with E-state index in [9.17, 15) is 0 Å². The number of likely N-dealkylation sites (tertiary alicyclic amines) is 1. The maximum atomic E-state index is 2.67. The molecule has 1 spiro atoms. The molecule has 2 fully saturated rings. The summed E-state index contributed by atoms with van der Waals surface area (Å²) < 4.78 is 0. The van der Waals surface area contributed by atoms with E-state index in [0.29, 0.717) is 5.54 Å². The maximum absolute atomic E-state index is 2.67. The highest BCUT2D eigenvalue weighted by Crippen LogP contribution is 2.50. The Balaban J connectivity index is 1.97. The van der Waals surface area contributed by atoms with Crippen LogP contribution in [0.1, 0.15) is 59.8 Å². The minimum Gasteiger partial charge on any atom is -0.298 e. The summed E-state index contributed by atoms with van der Waals surface area (Å²) in [6, 6.07) is 0. The fourth-order valence-electron chi connectivity index (χ4n) is 3.68. The van der Waals surface area contributed by atoms with Crippen molar-refractivity contribution in [1.82, 2.24) is 4.90 Å². The van der Waals surface area contributed by atoms with Gasteiger partial charge < -0.3 is 0 Å². The number of hydrogen-bond donors (Lipinski definition) is 0. The van der Waals surface area contributed by atoms with Crippen molar-refractivity contribution in [2.45, 2.75) is 65.3 Å². The van der Waals surface area contributed by atoms with E-state index in [0.717, 1.165) is 11.3 Å². The molecule has 0 aromatic carbocycles. The van der Waals surface area contributed by atoms with E-state index in [-0.39, 0.29) is 0 Å². The molecule has 2 rings (SSSR count). The highest BCUT2D eigenvalue weighted by Gasteiger charge is 2.43. The summed E-state index contributed by atoms with van der Waals surface area (Å²) in [7, 11) is 0. The second-order valence-electron chi connectivity index (χ2n) is 6.81. The van der Waals surface area contributed by atoms with Gasteiger partial charge in [0.2, 0.25) is 0 Å². The number of hydrogen-bond acceptors (Lipinski definition) is 1. The first-order valence-corrected chi connectivity index (χ1v) is 6.69. The van der Waals surface area contributed by atoms with Crippen LogP contribution in [0.4, 0.5) is 0 Å². The van der Waals surface area contributed by atoms with Crippen molar-refractivity contribution in [3.8, 4) is 0 Å². The summed E-state index contributed by atoms with van der Waals surface area (Å²) in [5.74, 6) is 0.986. The molecule has 0 N–H and O–H groups in total. The molecule has 1 heteroatoms. The van der Waals surface area contributed by atoms with Gasteiger partial charge in [-0.3, -0.25) is 4.90 Å². The molecule has 0 radical (unpaired) electrons. The zero-order chi connectivity index (χ0) is 11.1. The zero-order valence-corrected chi connectivity index (χ0v) is 11.0. The monoisotopic (exact) mass is 209 g/mol. The largest absolute Gasteiger partial charge is 0.298 e. The summed E-state index contributed by atoms with van der Waals surface area (Å²) in [6.45, 7) is 12.2. The molecule has 1 aliphatic carbocycles. The van der Waals surface area contributed by atoms with Gasteiger partial charge in [-0.15, -0.1) is 0 Å². The number of piperidine rings is 1. The fourth-order valence-corrected chi connectivity index (χ4v) is 3.68. The average Bonchev–Trinajstić information content (AvgIpc) is 2.48. The van der Waals surface area contributed by atoms with Crippen LogP contribution < -0.4 is 0 Å². The quantitative estimate of drug-likeness (QED) is 0.588. The maximum Gasteiger partial charge on any atom is 0.0125 e. The first-order valence-electron chi connectivity index (χ1n) is 6.69. The predicted octanol–water partition coefficient (Wildman–Crippen LogP) is 3.69. The molecule has 0 bridgehead atoms. The van der Waals surface area contributed by atoms with Gasteiger partial charge in [0.15, 0.2) is 0 Å². The predicted molar refractivity (Wildman–Crippen MR) is 66.0 cm³/mol. The van der Waals surface area contributed by atoms with Gasteiger partial charge in [0.25, 0.3) is 0 Å². The van der Waals surface area contributed by atoms with Crippen LogP contribution in [0, 0.1) is 11.3 Å². The summed E-state index contributed by atoms with van der Waals surface area (Å²) in [6.07, 6.45) is 7.37. The lowest BCUT2D eigenvalue weighted by Gasteiger charge is -2.47. The van der Waals surface area contributed by atoms with Crippen LogP contribution in [-0.2, 0) is 0 Å². The van der Waals surface area contributed by atoms with Crippen molar-refractivity contribution < 1.29 is 0 Å². The van der Waals surface area contributed by atoms with Gasteiger partial charge in [-0.25, -0.2) is 0 Å². The lowest BCUT2D eigenvalue weighted by Crippen LogP contribution is -2.49. The molecule has 0 amide bonds. The van der Waals surface area contributed by atoms with Gasteiger partial charge in [-0.1, -0.05) is 19.8 Å². The normalized spacial score (nSPS) is 32.4. The molecular formula is C14H27N. The summed E-state index contributed by atoms with van der Waals surface area (Å²) in [5.41, 5.74) is 1.12. The topological polar surface area (TPSA) is 3.24 Å². The Hall–Kier alpha value is -0.0400. The molecular weight excluding hydrogens is 182 g/mol. The molecule has 1 nitrogen and oxygen atoms in total. The average molecular weight is 209 g/mol. The molecule has 15 heavy (non-hydrogen) atoms. The highest BCUT2D eigenvalue weighted by molar-refractivity contribution is 4.95. The SMILES string of the molecule is CC1CCCC12CCN(C(C)(C)C)CC2. The van der Waals surface area contributed by atoms with Crippen LogP contribution in [0.5, 0.6) is 0 Å². The minimum atomic E-state index is 0.378. The number of nitrogens with zero attached hydrogens (tertiary/aromatic N) is 1. The first-order chi connectivity index (χ1) is 6.94. The van der Waals surface area contributed by atoms with Crippen LogP contribution in [0.15, 0.2) is 0 Å². The van der Waals surface area contributed by atoms with Crippen molar-refractivity contribution in [1.29, 1.82) is 0 Å². The van der Waals surface area contributed by atoms with Crippen LogP contribution >= 0.6 is 0 Å². The lowest BCUT2D eigenvalue weighted by atomic mass is 9.71. The van der Waals surface area contributed by atoms with E-state index in [1.165, 1.54) is 45.2 Å². The summed E-state index contributed by atoms with van der Waals surface area (Å²) in [4.78, 5) is 2.67. The third-order valence-corrected chi connectivity index (χ3v) is 5.07. The van der Waals surface area contributed by atoms with Crippen LogP contribution in [0.25, 0.3) is 0 Å². The molecule has 1 saturated carbocycles. The van der Waals surface area contributed by atoms with Crippen molar-refractivity contribution >= 4 is 0 Å². The second-order valence-corrected chi connectivity index (χ2v) is 6.81. The summed E-state index contributed by atoms with van der Waals surface area (Å²) >= 11 is 0.